The molecule has 1 aliphatic rings. The number of carboxylic acids is 1. The molecule has 1 amide bonds. The van der Waals surface area contributed by atoms with Crippen molar-refractivity contribution in [1.29, 1.82) is 0 Å². The van der Waals surface area contributed by atoms with Gasteiger partial charge in [0.1, 0.15) is 0 Å². The predicted octanol–water partition coefficient (Wildman–Crippen LogP) is 2.29. The molecular formula is C16H30N2O3. The van der Waals surface area contributed by atoms with Crippen LogP contribution in [0.2, 0.25) is 0 Å². The van der Waals surface area contributed by atoms with Gasteiger partial charge >= 0.3 is 5.97 Å². The van der Waals surface area contributed by atoms with Gasteiger partial charge in [0.15, 0.2) is 0 Å². The number of carbonyl (C=O) groups excluding carboxylic acids is 1. The van der Waals surface area contributed by atoms with Crippen LogP contribution >= 0.6 is 0 Å². The Balaban J connectivity index is 2.03. The van der Waals surface area contributed by atoms with Crippen LogP contribution in [0.4, 0.5) is 0 Å². The second-order valence-corrected chi connectivity index (χ2v) is 6.09. The molecule has 1 saturated carbocycles. The highest BCUT2D eigenvalue weighted by Crippen LogP contribution is 2.29. The summed E-state index contributed by atoms with van der Waals surface area (Å²) >= 11 is 0. The van der Waals surface area contributed by atoms with Gasteiger partial charge in [-0.2, -0.15) is 0 Å². The summed E-state index contributed by atoms with van der Waals surface area (Å²) in [4.78, 5) is 22.5. The maximum atomic E-state index is 12.1. The summed E-state index contributed by atoms with van der Waals surface area (Å²) in [6.45, 7) is 1.34. The maximum absolute atomic E-state index is 12.1. The van der Waals surface area contributed by atoms with Crippen molar-refractivity contribution in [1.82, 2.24) is 5.32 Å². The summed E-state index contributed by atoms with van der Waals surface area (Å²) < 4.78 is 0. The summed E-state index contributed by atoms with van der Waals surface area (Å²) in [6.07, 6.45) is 9.42. The van der Waals surface area contributed by atoms with Gasteiger partial charge in [-0.15, -0.1) is 0 Å². The van der Waals surface area contributed by atoms with E-state index in [1.807, 2.05) is 0 Å². The van der Waals surface area contributed by atoms with Crippen LogP contribution in [0, 0.1) is 11.8 Å². The molecule has 0 aromatic rings. The SMILES string of the molecule is NCC1CCCCC1C(=O)NCCCCCCCC(=O)O. The van der Waals surface area contributed by atoms with Gasteiger partial charge in [0.05, 0.1) is 0 Å². The van der Waals surface area contributed by atoms with E-state index in [4.69, 9.17) is 10.8 Å². The molecule has 0 radical (unpaired) electrons. The Morgan fingerprint density at radius 1 is 1.05 bits per heavy atom. The number of rotatable bonds is 10. The first-order valence-corrected chi connectivity index (χ1v) is 8.34. The molecule has 2 unspecified atom stereocenters. The van der Waals surface area contributed by atoms with Crippen LogP contribution in [-0.4, -0.2) is 30.1 Å². The molecule has 0 heterocycles. The van der Waals surface area contributed by atoms with Crippen LogP contribution in [0.15, 0.2) is 0 Å². The number of hydrogen-bond acceptors (Lipinski definition) is 3. The van der Waals surface area contributed by atoms with Crippen LogP contribution in [0.3, 0.4) is 0 Å². The standard InChI is InChI=1S/C16H30N2O3/c17-12-13-8-5-6-9-14(13)16(21)18-11-7-3-1-2-4-10-15(19)20/h13-14H,1-12,17H2,(H,18,21)(H,19,20). The Bertz CT molecular complexity index is 321. The first-order valence-electron chi connectivity index (χ1n) is 8.34. The third-order valence-electron chi connectivity index (χ3n) is 4.42. The van der Waals surface area contributed by atoms with Crippen LogP contribution in [0.25, 0.3) is 0 Å². The molecule has 21 heavy (non-hydrogen) atoms. The van der Waals surface area contributed by atoms with Crippen molar-refractivity contribution >= 4 is 11.9 Å². The summed E-state index contributed by atoms with van der Waals surface area (Å²) in [6, 6.07) is 0. The van der Waals surface area contributed by atoms with Crippen molar-refractivity contribution in [3.63, 3.8) is 0 Å². The summed E-state index contributed by atoms with van der Waals surface area (Å²) in [5, 5.41) is 11.6. The van der Waals surface area contributed by atoms with E-state index in [-0.39, 0.29) is 18.2 Å². The van der Waals surface area contributed by atoms with Crippen LogP contribution < -0.4 is 11.1 Å². The first kappa shape index (κ1) is 18.0. The number of unbranched alkanes of at least 4 members (excludes halogenated alkanes) is 4. The third kappa shape index (κ3) is 7.46. The Hall–Kier alpha value is -1.10. The normalized spacial score (nSPS) is 22.0. The Morgan fingerprint density at radius 2 is 1.71 bits per heavy atom. The van der Waals surface area contributed by atoms with Crippen LogP contribution in [-0.2, 0) is 9.59 Å². The van der Waals surface area contributed by atoms with Crippen LogP contribution in [0.1, 0.15) is 64.2 Å². The van der Waals surface area contributed by atoms with E-state index < -0.39 is 5.97 Å². The lowest BCUT2D eigenvalue weighted by atomic mass is 9.79. The highest BCUT2D eigenvalue weighted by Gasteiger charge is 2.29. The molecule has 0 aliphatic heterocycles. The monoisotopic (exact) mass is 298 g/mol. The fraction of sp³-hybridized carbons (Fsp3) is 0.875. The second kappa shape index (κ2) is 10.6. The molecule has 2 atom stereocenters. The average Bonchev–Trinajstić information content (AvgIpc) is 2.49. The lowest BCUT2D eigenvalue weighted by molar-refractivity contribution is -0.137. The van der Waals surface area contributed by atoms with Crippen molar-refractivity contribution in [2.45, 2.75) is 64.2 Å². The van der Waals surface area contributed by atoms with E-state index in [0.29, 0.717) is 12.5 Å². The van der Waals surface area contributed by atoms with Gasteiger partial charge in [-0.1, -0.05) is 32.1 Å². The van der Waals surface area contributed by atoms with E-state index in [2.05, 4.69) is 5.32 Å². The average molecular weight is 298 g/mol. The summed E-state index contributed by atoms with van der Waals surface area (Å²) in [5.74, 6) is -0.0747. The number of aliphatic carboxylic acids is 1. The number of nitrogens with one attached hydrogen (secondary N) is 1. The molecule has 1 aliphatic carbocycles. The van der Waals surface area contributed by atoms with Gasteiger partial charge in [0.25, 0.3) is 0 Å². The largest absolute Gasteiger partial charge is 0.481 e. The van der Waals surface area contributed by atoms with Gasteiger partial charge in [0.2, 0.25) is 5.91 Å². The summed E-state index contributed by atoms with van der Waals surface area (Å²) in [5.41, 5.74) is 5.75. The molecule has 1 fully saturated rings. The number of carbonyl (C=O) groups is 2. The summed E-state index contributed by atoms with van der Waals surface area (Å²) in [7, 11) is 0. The van der Waals surface area contributed by atoms with E-state index in [1.54, 1.807) is 0 Å². The van der Waals surface area contributed by atoms with Crippen molar-refractivity contribution in [3.05, 3.63) is 0 Å². The molecule has 0 aromatic heterocycles. The molecule has 0 bridgehead atoms. The van der Waals surface area contributed by atoms with E-state index >= 15 is 0 Å². The zero-order chi connectivity index (χ0) is 15.5. The molecule has 1 rings (SSSR count). The predicted molar refractivity (Wildman–Crippen MR) is 82.8 cm³/mol. The zero-order valence-corrected chi connectivity index (χ0v) is 13.0. The number of nitrogens with two attached hydrogens (primary N) is 1. The molecule has 0 saturated heterocycles. The minimum Gasteiger partial charge on any atom is -0.481 e. The Morgan fingerprint density at radius 3 is 2.43 bits per heavy atom. The van der Waals surface area contributed by atoms with Gasteiger partial charge in [-0.25, -0.2) is 0 Å². The molecule has 0 aromatic carbocycles. The zero-order valence-electron chi connectivity index (χ0n) is 13.0. The Kier molecular flexibility index (Phi) is 9.06. The number of carboxylic acid groups (broad SMARTS) is 1. The highest BCUT2D eigenvalue weighted by atomic mass is 16.4. The lowest BCUT2D eigenvalue weighted by Gasteiger charge is -2.29. The fourth-order valence-corrected chi connectivity index (χ4v) is 3.11. The van der Waals surface area contributed by atoms with Gasteiger partial charge in [-0.3, -0.25) is 9.59 Å². The second-order valence-electron chi connectivity index (χ2n) is 6.09. The smallest absolute Gasteiger partial charge is 0.303 e. The van der Waals surface area contributed by atoms with Crippen molar-refractivity contribution < 1.29 is 14.7 Å². The van der Waals surface area contributed by atoms with Gasteiger partial charge in [-0.05, 0) is 38.1 Å². The number of amides is 1. The van der Waals surface area contributed by atoms with Crippen molar-refractivity contribution in [2.75, 3.05) is 13.1 Å². The maximum Gasteiger partial charge on any atom is 0.303 e. The minimum absolute atomic E-state index is 0.110. The topological polar surface area (TPSA) is 92.4 Å². The highest BCUT2D eigenvalue weighted by molar-refractivity contribution is 5.79. The van der Waals surface area contributed by atoms with E-state index in [9.17, 15) is 9.59 Å². The Labute approximate surface area is 127 Å². The number of hydrogen-bond donors (Lipinski definition) is 3. The quantitative estimate of drug-likeness (QED) is 0.540. The first-order chi connectivity index (χ1) is 10.1. The third-order valence-corrected chi connectivity index (χ3v) is 4.42. The van der Waals surface area contributed by atoms with Gasteiger partial charge in [0, 0.05) is 18.9 Å². The molecule has 5 nitrogen and oxygen atoms in total. The molecule has 0 spiro atoms. The van der Waals surface area contributed by atoms with Gasteiger partial charge < -0.3 is 16.2 Å². The lowest BCUT2D eigenvalue weighted by Crippen LogP contribution is -2.39. The molecule has 122 valence electrons. The molecule has 5 heteroatoms. The molecule has 4 N–H and O–H groups in total. The van der Waals surface area contributed by atoms with Crippen LogP contribution in [0.5, 0.6) is 0 Å². The van der Waals surface area contributed by atoms with E-state index in [0.717, 1.165) is 57.9 Å². The van der Waals surface area contributed by atoms with Crippen molar-refractivity contribution in [2.24, 2.45) is 17.6 Å². The van der Waals surface area contributed by atoms with E-state index in [1.165, 1.54) is 6.42 Å². The molecular weight excluding hydrogens is 268 g/mol. The fourth-order valence-electron chi connectivity index (χ4n) is 3.11. The minimum atomic E-state index is -0.718. The van der Waals surface area contributed by atoms with Crippen molar-refractivity contribution in [3.8, 4) is 0 Å².